The lowest BCUT2D eigenvalue weighted by atomic mass is 10.1. The lowest BCUT2D eigenvalue weighted by Crippen LogP contribution is -2.31. The Bertz CT molecular complexity index is 490. The predicted octanol–water partition coefficient (Wildman–Crippen LogP) is 2.81. The number of para-hydroxylation sites is 1. The van der Waals surface area contributed by atoms with Gasteiger partial charge in [0.05, 0.1) is 0 Å². The van der Waals surface area contributed by atoms with Crippen LogP contribution in [0.3, 0.4) is 0 Å². The standard InChI is InChI=1S/C17H27N3O2.ClH/c1-4-18-13-14-9-7-8-10-15(14)19-16(21)11-12-17(22)20(5-2)6-3;/h7-10,18H,4-6,11-13H2,1-3H3,(H,19,21);1H. The number of hydrogen-bond acceptors (Lipinski definition) is 3. The van der Waals surface area contributed by atoms with Crippen molar-refractivity contribution in [2.24, 2.45) is 0 Å². The van der Waals surface area contributed by atoms with E-state index in [1.54, 1.807) is 4.90 Å². The van der Waals surface area contributed by atoms with Gasteiger partial charge in [0.15, 0.2) is 0 Å². The smallest absolute Gasteiger partial charge is 0.224 e. The van der Waals surface area contributed by atoms with Crippen molar-refractivity contribution in [1.29, 1.82) is 0 Å². The molecule has 1 rings (SSSR count). The Balaban J connectivity index is 0.00000484. The van der Waals surface area contributed by atoms with E-state index in [0.29, 0.717) is 19.6 Å². The lowest BCUT2D eigenvalue weighted by molar-refractivity contribution is -0.132. The molecule has 0 radical (unpaired) electrons. The zero-order chi connectivity index (χ0) is 16.4. The van der Waals surface area contributed by atoms with Gasteiger partial charge in [0.2, 0.25) is 11.8 Å². The number of carbonyl (C=O) groups is 2. The van der Waals surface area contributed by atoms with Gasteiger partial charge in [-0.15, -0.1) is 12.4 Å². The lowest BCUT2D eigenvalue weighted by Gasteiger charge is -2.18. The van der Waals surface area contributed by atoms with E-state index < -0.39 is 0 Å². The van der Waals surface area contributed by atoms with Crippen LogP contribution in [0.4, 0.5) is 5.69 Å². The maximum absolute atomic E-state index is 12.0. The van der Waals surface area contributed by atoms with Crippen LogP contribution in [0, 0.1) is 0 Å². The summed E-state index contributed by atoms with van der Waals surface area (Å²) in [4.78, 5) is 25.7. The fourth-order valence-electron chi connectivity index (χ4n) is 2.22. The quantitative estimate of drug-likeness (QED) is 0.726. The zero-order valence-corrected chi connectivity index (χ0v) is 15.0. The fraction of sp³-hybridized carbons (Fsp3) is 0.529. The molecule has 23 heavy (non-hydrogen) atoms. The van der Waals surface area contributed by atoms with Crippen LogP contribution in [0.25, 0.3) is 0 Å². The number of hydrogen-bond donors (Lipinski definition) is 2. The molecule has 2 amide bonds. The maximum atomic E-state index is 12.0. The number of benzene rings is 1. The van der Waals surface area contributed by atoms with Gasteiger partial charge in [-0.1, -0.05) is 25.1 Å². The Kier molecular flexibility index (Phi) is 11.1. The summed E-state index contributed by atoms with van der Waals surface area (Å²) in [7, 11) is 0. The molecule has 0 aliphatic heterocycles. The Morgan fingerprint density at radius 2 is 1.70 bits per heavy atom. The number of rotatable bonds is 9. The molecule has 0 fully saturated rings. The van der Waals surface area contributed by atoms with Crippen molar-refractivity contribution in [1.82, 2.24) is 10.2 Å². The van der Waals surface area contributed by atoms with Crippen molar-refractivity contribution in [2.45, 2.75) is 40.2 Å². The first-order valence-electron chi connectivity index (χ1n) is 7.98. The van der Waals surface area contributed by atoms with Crippen LogP contribution in [-0.2, 0) is 16.1 Å². The Labute approximate surface area is 145 Å². The normalized spacial score (nSPS) is 9.87. The van der Waals surface area contributed by atoms with Gasteiger partial charge in [0.25, 0.3) is 0 Å². The van der Waals surface area contributed by atoms with E-state index in [0.717, 1.165) is 17.8 Å². The van der Waals surface area contributed by atoms with Crippen LogP contribution in [-0.4, -0.2) is 36.3 Å². The summed E-state index contributed by atoms with van der Waals surface area (Å²) in [5.74, 6) is -0.0921. The second kappa shape index (κ2) is 11.9. The largest absolute Gasteiger partial charge is 0.343 e. The molecule has 6 heteroatoms. The van der Waals surface area contributed by atoms with Crippen LogP contribution >= 0.6 is 12.4 Å². The third-order valence-corrected chi connectivity index (χ3v) is 3.54. The van der Waals surface area contributed by atoms with E-state index in [4.69, 9.17) is 0 Å². The minimum atomic E-state index is -0.121. The van der Waals surface area contributed by atoms with E-state index in [1.165, 1.54) is 0 Å². The average Bonchev–Trinajstić information content (AvgIpc) is 2.53. The molecule has 0 bridgehead atoms. The average molecular weight is 342 g/mol. The molecule has 0 saturated carbocycles. The van der Waals surface area contributed by atoms with Crippen molar-refractivity contribution in [2.75, 3.05) is 25.0 Å². The van der Waals surface area contributed by atoms with Crippen LogP contribution < -0.4 is 10.6 Å². The molecule has 0 heterocycles. The second-order valence-corrected chi connectivity index (χ2v) is 5.05. The van der Waals surface area contributed by atoms with Gasteiger partial charge < -0.3 is 15.5 Å². The fourth-order valence-corrected chi connectivity index (χ4v) is 2.22. The second-order valence-electron chi connectivity index (χ2n) is 5.05. The molecule has 0 atom stereocenters. The van der Waals surface area contributed by atoms with Crippen LogP contribution in [0.2, 0.25) is 0 Å². The van der Waals surface area contributed by atoms with Crippen molar-refractivity contribution in [3.63, 3.8) is 0 Å². The highest BCUT2D eigenvalue weighted by molar-refractivity contribution is 5.93. The molecule has 2 N–H and O–H groups in total. The van der Waals surface area contributed by atoms with E-state index in [2.05, 4.69) is 10.6 Å². The summed E-state index contributed by atoms with van der Waals surface area (Å²) < 4.78 is 0. The molecule has 1 aromatic carbocycles. The number of anilines is 1. The monoisotopic (exact) mass is 341 g/mol. The number of halogens is 1. The first kappa shape index (κ1) is 21.4. The van der Waals surface area contributed by atoms with Crippen molar-refractivity contribution in [3.8, 4) is 0 Å². The number of carbonyl (C=O) groups excluding carboxylic acids is 2. The Morgan fingerprint density at radius 1 is 1.04 bits per heavy atom. The SMILES string of the molecule is CCNCc1ccccc1NC(=O)CCC(=O)N(CC)CC.Cl. The molecule has 1 aromatic rings. The van der Waals surface area contributed by atoms with Crippen molar-refractivity contribution >= 4 is 29.9 Å². The number of amides is 2. The number of nitrogens with zero attached hydrogens (tertiary/aromatic N) is 1. The maximum Gasteiger partial charge on any atom is 0.224 e. The highest BCUT2D eigenvalue weighted by Gasteiger charge is 2.12. The molecule has 0 aromatic heterocycles. The van der Waals surface area contributed by atoms with E-state index in [1.807, 2.05) is 45.0 Å². The molecule has 0 aliphatic carbocycles. The Morgan fingerprint density at radius 3 is 2.30 bits per heavy atom. The van der Waals surface area contributed by atoms with Gasteiger partial charge in [-0.05, 0) is 32.0 Å². The van der Waals surface area contributed by atoms with Gasteiger partial charge >= 0.3 is 0 Å². The summed E-state index contributed by atoms with van der Waals surface area (Å²) in [5.41, 5.74) is 1.86. The first-order valence-corrected chi connectivity index (χ1v) is 7.98. The van der Waals surface area contributed by atoms with Gasteiger partial charge in [-0.3, -0.25) is 9.59 Å². The highest BCUT2D eigenvalue weighted by atomic mass is 35.5. The van der Waals surface area contributed by atoms with Crippen molar-refractivity contribution in [3.05, 3.63) is 29.8 Å². The van der Waals surface area contributed by atoms with E-state index >= 15 is 0 Å². The molecular formula is C17H28ClN3O2. The molecule has 130 valence electrons. The molecule has 0 unspecified atom stereocenters. The summed E-state index contributed by atoms with van der Waals surface area (Å²) in [6.45, 7) is 8.88. The summed E-state index contributed by atoms with van der Waals surface area (Å²) in [6.07, 6.45) is 0.466. The summed E-state index contributed by atoms with van der Waals surface area (Å²) >= 11 is 0. The summed E-state index contributed by atoms with van der Waals surface area (Å²) in [5, 5.41) is 6.15. The minimum Gasteiger partial charge on any atom is -0.343 e. The van der Waals surface area contributed by atoms with E-state index in [-0.39, 0.29) is 37.1 Å². The zero-order valence-electron chi connectivity index (χ0n) is 14.2. The van der Waals surface area contributed by atoms with Crippen molar-refractivity contribution < 1.29 is 9.59 Å². The third-order valence-electron chi connectivity index (χ3n) is 3.54. The number of nitrogens with one attached hydrogen (secondary N) is 2. The van der Waals surface area contributed by atoms with Gasteiger partial charge in [0, 0.05) is 38.2 Å². The predicted molar refractivity (Wildman–Crippen MR) is 96.9 cm³/mol. The first-order chi connectivity index (χ1) is 10.6. The van der Waals surface area contributed by atoms with Gasteiger partial charge in [-0.25, -0.2) is 0 Å². The third kappa shape index (κ3) is 7.48. The molecule has 0 saturated heterocycles. The summed E-state index contributed by atoms with van der Waals surface area (Å²) in [6, 6.07) is 7.72. The molecule has 0 spiro atoms. The van der Waals surface area contributed by atoms with Crippen LogP contribution in [0.1, 0.15) is 39.2 Å². The molecule has 0 aliphatic rings. The molecule has 5 nitrogen and oxygen atoms in total. The Hall–Kier alpha value is -1.59. The minimum absolute atomic E-state index is 0. The topological polar surface area (TPSA) is 61.4 Å². The molecular weight excluding hydrogens is 314 g/mol. The van der Waals surface area contributed by atoms with E-state index in [9.17, 15) is 9.59 Å². The van der Waals surface area contributed by atoms with Gasteiger partial charge in [-0.2, -0.15) is 0 Å². The van der Waals surface area contributed by atoms with Gasteiger partial charge in [0.1, 0.15) is 0 Å². The van der Waals surface area contributed by atoms with Crippen LogP contribution in [0.15, 0.2) is 24.3 Å². The van der Waals surface area contributed by atoms with Crippen LogP contribution in [0.5, 0.6) is 0 Å². The highest BCUT2D eigenvalue weighted by Crippen LogP contribution is 2.15.